The number of hydrogen-bond donors (Lipinski definition) is 1. The van der Waals surface area contributed by atoms with Crippen LogP contribution in [0.3, 0.4) is 0 Å². The topological polar surface area (TPSA) is 45.0 Å². The Kier molecular flexibility index (Phi) is 6.03. The molecule has 1 aromatic rings. The molecule has 0 amide bonds. The largest absolute Gasteiger partial charge is 0.475 e. The Morgan fingerprint density at radius 2 is 2.00 bits per heavy atom. The Bertz CT molecular complexity index is 507. The second kappa shape index (κ2) is 7.32. The number of nitrogens with zero attached hydrogens (tertiary/aromatic N) is 1. The molecule has 0 bridgehead atoms. The molecule has 21 heavy (non-hydrogen) atoms. The summed E-state index contributed by atoms with van der Waals surface area (Å²) < 4.78 is 44.5. The monoisotopic (exact) mass is 300 g/mol. The molecule has 6 heteroatoms. The predicted molar refractivity (Wildman–Crippen MR) is 73.7 cm³/mol. The van der Waals surface area contributed by atoms with Gasteiger partial charge < -0.3 is 10.1 Å². The van der Waals surface area contributed by atoms with Crippen LogP contribution >= 0.6 is 0 Å². The standard InChI is InChI=1S/C15H19F3N2O/c1-4-12(8-19)21-14-6-5-11(9-20-10(2)3)7-13(14)15(16,17)18/h5-7,10,12,20H,4,9H2,1-3H3. The van der Waals surface area contributed by atoms with Crippen LogP contribution in [0.2, 0.25) is 0 Å². The zero-order chi connectivity index (χ0) is 16.0. The molecule has 0 spiro atoms. The van der Waals surface area contributed by atoms with Crippen molar-refractivity contribution in [1.29, 1.82) is 5.26 Å². The maximum absolute atomic E-state index is 13.1. The minimum Gasteiger partial charge on any atom is -0.475 e. The quantitative estimate of drug-likeness (QED) is 0.867. The molecular weight excluding hydrogens is 281 g/mol. The number of ether oxygens (including phenoxy) is 1. The molecule has 1 unspecified atom stereocenters. The van der Waals surface area contributed by atoms with E-state index in [4.69, 9.17) is 10.00 Å². The van der Waals surface area contributed by atoms with E-state index in [-0.39, 0.29) is 11.8 Å². The van der Waals surface area contributed by atoms with Crippen LogP contribution < -0.4 is 10.1 Å². The molecule has 3 nitrogen and oxygen atoms in total. The van der Waals surface area contributed by atoms with Gasteiger partial charge in [-0.25, -0.2) is 0 Å². The summed E-state index contributed by atoms with van der Waals surface area (Å²) in [4.78, 5) is 0. The number of rotatable bonds is 6. The molecule has 0 fully saturated rings. The highest BCUT2D eigenvalue weighted by molar-refractivity contribution is 5.39. The summed E-state index contributed by atoms with van der Waals surface area (Å²) in [6.07, 6.45) is -5.08. The molecule has 0 saturated carbocycles. The molecule has 1 rings (SSSR count). The number of halogens is 3. The van der Waals surface area contributed by atoms with Gasteiger partial charge in [0.1, 0.15) is 11.8 Å². The SMILES string of the molecule is CCC(C#N)Oc1ccc(CNC(C)C)cc1C(F)(F)F. The summed E-state index contributed by atoms with van der Waals surface area (Å²) in [7, 11) is 0. The lowest BCUT2D eigenvalue weighted by Gasteiger charge is -2.18. The zero-order valence-electron chi connectivity index (χ0n) is 12.3. The van der Waals surface area contributed by atoms with Crippen LogP contribution in [0.25, 0.3) is 0 Å². The first-order chi connectivity index (χ1) is 9.77. The van der Waals surface area contributed by atoms with E-state index < -0.39 is 17.8 Å². The lowest BCUT2D eigenvalue weighted by Crippen LogP contribution is -2.22. The average Bonchev–Trinajstić information content (AvgIpc) is 2.42. The van der Waals surface area contributed by atoms with Crippen molar-refractivity contribution in [3.63, 3.8) is 0 Å². The van der Waals surface area contributed by atoms with E-state index in [1.54, 1.807) is 13.0 Å². The predicted octanol–water partition coefficient (Wildman–Crippen LogP) is 3.88. The van der Waals surface area contributed by atoms with Crippen molar-refractivity contribution in [1.82, 2.24) is 5.32 Å². The fourth-order valence-electron chi connectivity index (χ4n) is 1.69. The van der Waals surface area contributed by atoms with Crippen molar-refractivity contribution >= 4 is 0 Å². The van der Waals surface area contributed by atoms with E-state index in [1.165, 1.54) is 6.07 Å². The first kappa shape index (κ1) is 17.3. The number of benzene rings is 1. The minimum absolute atomic E-state index is 0.179. The van der Waals surface area contributed by atoms with Crippen molar-refractivity contribution in [3.05, 3.63) is 29.3 Å². The van der Waals surface area contributed by atoms with Gasteiger partial charge in [-0.15, -0.1) is 0 Å². The fourth-order valence-corrected chi connectivity index (χ4v) is 1.69. The highest BCUT2D eigenvalue weighted by Crippen LogP contribution is 2.37. The zero-order valence-corrected chi connectivity index (χ0v) is 12.3. The second-order valence-corrected chi connectivity index (χ2v) is 5.01. The maximum Gasteiger partial charge on any atom is 0.419 e. The Morgan fingerprint density at radius 1 is 1.33 bits per heavy atom. The van der Waals surface area contributed by atoms with Crippen LogP contribution in [0.1, 0.15) is 38.3 Å². The van der Waals surface area contributed by atoms with Crippen molar-refractivity contribution < 1.29 is 17.9 Å². The Hall–Kier alpha value is -1.74. The van der Waals surface area contributed by atoms with Gasteiger partial charge in [0, 0.05) is 12.6 Å². The van der Waals surface area contributed by atoms with E-state index in [9.17, 15) is 13.2 Å². The van der Waals surface area contributed by atoms with Gasteiger partial charge in [-0.1, -0.05) is 26.8 Å². The Labute approximate surface area is 122 Å². The van der Waals surface area contributed by atoms with E-state index in [0.29, 0.717) is 18.5 Å². The Balaban J connectivity index is 3.06. The molecule has 0 saturated heterocycles. The highest BCUT2D eigenvalue weighted by atomic mass is 19.4. The maximum atomic E-state index is 13.1. The van der Waals surface area contributed by atoms with Crippen LogP contribution in [0, 0.1) is 11.3 Å². The normalized spacial score (nSPS) is 13.0. The molecule has 0 heterocycles. The summed E-state index contributed by atoms with van der Waals surface area (Å²) in [5.74, 6) is -0.302. The van der Waals surface area contributed by atoms with Crippen molar-refractivity contribution in [2.45, 2.75) is 52.1 Å². The van der Waals surface area contributed by atoms with Crippen LogP contribution in [0.5, 0.6) is 5.75 Å². The highest BCUT2D eigenvalue weighted by Gasteiger charge is 2.35. The summed E-state index contributed by atoms with van der Waals surface area (Å²) in [6, 6.07) is 5.93. The molecule has 1 aromatic carbocycles. The second-order valence-electron chi connectivity index (χ2n) is 5.01. The molecule has 0 aliphatic rings. The van der Waals surface area contributed by atoms with Gasteiger partial charge >= 0.3 is 6.18 Å². The molecule has 0 aliphatic heterocycles. The summed E-state index contributed by atoms with van der Waals surface area (Å²) in [5, 5.41) is 11.9. The van der Waals surface area contributed by atoms with Gasteiger partial charge in [0.05, 0.1) is 5.56 Å². The Morgan fingerprint density at radius 3 is 2.48 bits per heavy atom. The van der Waals surface area contributed by atoms with Crippen LogP contribution in [-0.4, -0.2) is 12.1 Å². The van der Waals surface area contributed by atoms with Gasteiger partial charge in [-0.3, -0.25) is 0 Å². The lowest BCUT2D eigenvalue weighted by molar-refractivity contribution is -0.139. The third-order valence-electron chi connectivity index (χ3n) is 2.85. The van der Waals surface area contributed by atoms with Crippen molar-refractivity contribution in [2.24, 2.45) is 0 Å². The third-order valence-corrected chi connectivity index (χ3v) is 2.85. The number of hydrogen-bond acceptors (Lipinski definition) is 3. The number of nitriles is 1. The van der Waals surface area contributed by atoms with Crippen LogP contribution in [0.15, 0.2) is 18.2 Å². The van der Waals surface area contributed by atoms with Crippen LogP contribution in [0.4, 0.5) is 13.2 Å². The van der Waals surface area contributed by atoms with Gasteiger partial charge in [-0.05, 0) is 24.1 Å². The van der Waals surface area contributed by atoms with Gasteiger partial charge in [0.25, 0.3) is 0 Å². The van der Waals surface area contributed by atoms with E-state index in [1.807, 2.05) is 19.9 Å². The summed E-state index contributed by atoms with van der Waals surface area (Å²) in [5.41, 5.74) is -0.326. The summed E-state index contributed by atoms with van der Waals surface area (Å²) in [6.45, 7) is 5.86. The first-order valence-electron chi connectivity index (χ1n) is 6.77. The van der Waals surface area contributed by atoms with Gasteiger partial charge in [0.2, 0.25) is 0 Å². The van der Waals surface area contributed by atoms with Crippen LogP contribution in [-0.2, 0) is 12.7 Å². The average molecular weight is 300 g/mol. The molecule has 0 aliphatic carbocycles. The van der Waals surface area contributed by atoms with Crippen molar-refractivity contribution in [3.8, 4) is 11.8 Å². The number of nitrogens with one attached hydrogen (secondary N) is 1. The third kappa shape index (κ3) is 5.27. The van der Waals surface area contributed by atoms with Gasteiger partial charge in [0.15, 0.2) is 6.10 Å². The fraction of sp³-hybridized carbons (Fsp3) is 0.533. The minimum atomic E-state index is -4.52. The van der Waals surface area contributed by atoms with Gasteiger partial charge in [-0.2, -0.15) is 18.4 Å². The van der Waals surface area contributed by atoms with E-state index in [0.717, 1.165) is 6.07 Å². The molecule has 0 aromatic heterocycles. The molecular formula is C15H19F3N2O. The smallest absolute Gasteiger partial charge is 0.419 e. The lowest BCUT2D eigenvalue weighted by atomic mass is 10.1. The van der Waals surface area contributed by atoms with Crippen molar-refractivity contribution in [2.75, 3.05) is 0 Å². The van der Waals surface area contributed by atoms with E-state index in [2.05, 4.69) is 5.32 Å². The molecule has 116 valence electrons. The molecule has 0 radical (unpaired) electrons. The molecule has 1 atom stereocenters. The summed E-state index contributed by atoms with van der Waals surface area (Å²) >= 11 is 0. The number of alkyl halides is 3. The van der Waals surface area contributed by atoms with E-state index >= 15 is 0 Å². The first-order valence-corrected chi connectivity index (χ1v) is 6.77. The molecule has 1 N–H and O–H groups in total.